The van der Waals surface area contributed by atoms with Gasteiger partial charge in [0, 0.05) is 17.0 Å². The van der Waals surface area contributed by atoms with E-state index in [-0.39, 0.29) is 23.1 Å². The van der Waals surface area contributed by atoms with Crippen LogP contribution in [0.4, 0.5) is 5.69 Å². The van der Waals surface area contributed by atoms with Crippen molar-refractivity contribution in [3.8, 4) is 5.88 Å². The summed E-state index contributed by atoms with van der Waals surface area (Å²) in [5, 5.41) is 15.3. The number of amides is 2. The quantitative estimate of drug-likeness (QED) is 0.276. The van der Waals surface area contributed by atoms with Gasteiger partial charge >= 0.3 is 5.69 Å². The van der Waals surface area contributed by atoms with E-state index >= 15 is 0 Å². The Hall–Kier alpha value is -3.77. The van der Waals surface area contributed by atoms with Crippen molar-refractivity contribution in [2.45, 2.75) is 36.0 Å². The zero-order valence-electron chi connectivity index (χ0n) is 20.0. The number of carbonyl (C=O) groups excluding carboxylic acids is 2. The number of H-pyrrole nitrogens is 2. The molecule has 1 fully saturated rings. The SMILES string of the molecule is CCc1ccc([C@H](N=C2NC(=O)[C@H](CC(=O)Nc3cccc(SC)c3)S2)c2c(O)[nH]c(=O)[nH]c2=O)cc1. The van der Waals surface area contributed by atoms with Crippen molar-refractivity contribution >= 4 is 46.2 Å². The van der Waals surface area contributed by atoms with Crippen molar-refractivity contribution in [1.82, 2.24) is 15.3 Å². The maximum absolute atomic E-state index is 12.6. The number of carbonyl (C=O) groups is 2. The number of aliphatic imine (C=N–C) groups is 1. The number of aromatic hydroxyl groups is 1. The third-order valence-corrected chi connectivity index (χ3v) is 7.50. The Morgan fingerprint density at radius 3 is 2.59 bits per heavy atom. The first-order valence-electron chi connectivity index (χ1n) is 11.4. The molecular weight excluding hydrogens is 514 g/mol. The Morgan fingerprint density at radius 2 is 1.92 bits per heavy atom. The predicted octanol–water partition coefficient (Wildman–Crippen LogP) is 2.76. The van der Waals surface area contributed by atoms with Crippen LogP contribution in [0.1, 0.15) is 36.1 Å². The van der Waals surface area contributed by atoms with Crippen LogP contribution >= 0.6 is 23.5 Å². The zero-order valence-corrected chi connectivity index (χ0v) is 21.7. The van der Waals surface area contributed by atoms with Crippen molar-refractivity contribution in [2.24, 2.45) is 4.99 Å². The van der Waals surface area contributed by atoms with Crippen LogP contribution < -0.4 is 21.9 Å². The molecular formula is C25H25N5O5S2. The van der Waals surface area contributed by atoms with Gasteiger partial charge in [-0.3, -0.25) is 24.4 Å². The molecule has 5 N–H and O–H groups in total. The number of benzene rings is 2. The smallest absolute Gasteiger partial charge is 0.328 e. The maximum atomic E-state index is 12.6. The van der Waals surface area contributed by atoms with E-state index < -0.39 is 34.3 Å². The number of aromatic amines is 2. The molecule has 1 saturated heterocycles. The first kappa shape index (κ1) is 26.3. The minimum atomic E-state index is -1.02. The number of rotatable bonds is 8. The van der Waals surface area contributed by atoms with E-state index in [4.69, 9.17) is 0 Å². The van der Waals surface area contributed by atoms with Gasteiger partial charge in [0.15, 0.2) is 5.17 Å². The second kappa shape index (κ2) is 11.5. The van der Waals surface area contributed by atoms with Crippen molar-refractivity contribution in [2.75, 3.05) is 11.6 Å². The van der Waals surface area contributed by atoms with Crippen LogP contribution in [0.25, 0.3) is 0 Å². The molecule has 37 heavy (non-hydrogen) atoms. The molecule has 2 aromatic carbocycles. The number of nitrogens with zero attached hydrogens (tertiary/aromatic N) is 1. The lowest BCUT2D eigenvalue weighted by Crippen LogP contribution is -2.29. The molecule has 2 amide bonds. The predicted molar refractivity (Wildman–Crippen MR) is 145 cm³/mol. The number of hydrogen-bond acceptors (Lipinski definition) is 8. The lowest BCUT2D eigenvalue weighted by Gasteiger charge is -2.15. The zero-order chi connectivity index (χ0) is 26.5. The fourth-order valence-corrected chi connectivity index (χ4v) is 5.23. The lowest BCUT2D eigenvalue weighted by molar-refractivity contribution is -0.122. The molecule has 1 aliphatic heterocycles. The average Bonchev–Trinajstić information content (AvgIpc) is 3.21. The highest BCUT2D eigenvalue weighted by atomic mass is 32.2. The van der Waals surface area contributed by atoms with E-state index in [1.807, 2.05) is 43.5 Å². The highest BCUT2D eigenvalue weighted by Crippen LogP contribution is 2.32. The van der Waals surface area contributed by atoms with Crippen LogP contribution in [0.15, 0.2) is 68.0 Å². The van der Waals surface area contributed by atoms with E-state index in [0.717, 1.165) is 28.6 Å². The van der Waals surface area contributed by atoms with Gasteiger partial charge in [-0.2, -0.15) is 0 Å². The molecule has 10 nitrogen and oxygen atoms in total. The Labute approximate surface area is 220 Å². The molecule has 0 aliphatic carbocycles. The van der Waals surface area contributed by atoms with E-state index in [1.54, 1.807) is 30.0 Å². The van der Waals surface area contributed by atoms with Crippen LogP contribution in [0, 0.1) is 0 Å². The molecule has 4 rings (SSSR count). The molecule has 2 atom stereocenters. The highest BCUT2D eigenvalue weighted by Gasteiger charge is 2.33. The summed E-state index contributed by atoms with van der Waals surface area (Å²) < 4.78 is 0. The van der Waals surface area contributed by atoms with Crippen molar-refractivity contribution in [3.63, 3.8) is 0 Å². The van der Waals surface area contributed by atoms with Gasteiger partial charge in [-0.05, 0) is 42.0 Å². The van der Waals surface area contributed by atoms with Crippen molar-refractivity contribution in [3.05, 3.63) is 86.1 Å². The van der Waals surface area contributed by atoms with Gasteiger partial charge in [-0.15, -0.1) is 11.8 Å². The van der Waals surface area contributed by atoms with Crippen LogP contribution in [0.3, 0.4) is 0 Å². The fourth-order valence-electron chi connectivity index (χ4n) is 3.78. The number of nitrogens with one attached hydrogen (secondary N) is 4. The molecule has 12 heteroatoms. The number of aryl methyl sites for hydroxylation is 1. The monoisotopic (exact) mass is 539 g/mol. The Bertz CT molecular complexity index is 1470. The topological polar surface area (TPSA) is 157 Å². The van der Waals surface area contributed by atoms with Crippen LogP contribution in [0.5, 0.6) is 5.88 Å². The summed E-state index contributed by atoms with van der Waals surface area (Å²) in [7, 11) is 0. The van der Waals surface area contributed by atoms with Gasteiger partial charge in [-0.25, -0.2) is 9.79 Å². The van der Waals surface area contributed by atoms with Crippen LogP contribution in [-0.4, -0.2) is 43.6 Å². The number of thioether (sulfide) groups is 2. The molecule has 0 saturated carbocycles. The van der Waals surface area contributed by atoms with Gasteiger partial charge in [-0.1, -0.05) is 49.0 Å². The molecule has 2 heterocycles. The van der Waals surface area contributed by atoms with Crippen LogP contribution in [-0.2, 0) is 16.0 Å². The standard InChI is InChI=1S/C25H25N5O5S2/c1-3-13-7-9-14(10-8-13)20(19-22(33)28-24(35)29-23(19)34)27-25-30-21(32)17(37-25)12-18(31)26-15-5-4-6-16(11-15)36-2/h4-11,17,20H,3,12H2,1-2H3,(H,26,31)(H,27,30,32)(H3,28,29,33,34,35)/t17-,20-/m0/s1. The first-order valence-corrected chi connectivity index (χ1v) is 13.5. The summed E-state index contributed by atoms with van der Waals surface area (Å²) in [5.41, 5.74) is 0.456. The molecule has 0 unspecified atom stereocenters. The fraction of sp³-hybridized carbons (Fsp3) is 0.240. The summed E-state index contributed by atoms with van der Waals surface area (Å²) in [6, 6.07) is 13.7. The van der Waals surface area contributed by atoms with E-state index in [1.165, 1.54) is 0 Å². The average molecular weight is 540 g/mol. The summed E-state index contributed by atoms with van der Waals surface area (Å²) in [5.74, 6) is -1.33. The summed E-state index contributed by atoms with van der Waals surface area (Å²) in [6.07, 6.45) is 2.66. The van der Waals surface area contributed by atoms with Gasteiger partial charge in [0.1, 0.15) is 16.9 Å². The van der Waals surface area contributed by atoms with Crippen molar-refractivity contribution in [1.29, 1.82) is 0 Å². The molecule has 0 radical (unpaired) electrons. The second-order valence-electron chi connectivity index (χ2n) is 8.18. The minimum absolute atomic E-state index is 0.0840. The summed E-state index contributed by atoms with van der Waals surface area (Å²) >= 11 is 2.62. The Balaban J connectivity index is 1.58. The molecule has 0 bridgehead atoms. The number of anilines is 1. The summed E-state index contributed by atoms with van der Waals surface area (Å²) in [6.45, 7) is 2.01. The van der Waals surface area contributed by atoms with Gasteiger partial charge in [0.25, 0.3) is 5.56 Å². The van der Waals surface area contributed by atoms with E-state index in [9.17, 15) is 24.3 Å². The number of aromatic nitrogens is 2. The molecule has 3 aromatic rings. The maximum Gasteiger partial charge on any atom is 0.328 e. The van der Waals surface area contributed by atoms with Crippen molar-refractivity contribution < 1.29 is 14.7 Å². The van der Waals surface area contributed by atoms with E-state index in [2.05, 4.69) is 25.6 Å². The Kier molecular flexibility index (Phi) is 8.19. The molecule has 192 valence electrons. The highest BCUT2D eigenvalue weighted by molar-refractivity contribution is 8.15. The van der Waals surface area contributed by atoms with Gasteiger partial charge in [0.2, 0.25) is 17.7 Å². The van der Waals surface area contributed by atoms with Crippen LogP contribution in [0.2, 0.25) is 0 Å². The van der Waals surface area contributed by atoms with Gasteiger partial charge in [0.05, 0.1) is 0 Å². The van der Waals surface area contributed by atoms with E-state index in [0.29, 0.717) is 11.3 Å². The normalized spacial score (nSPS) is 17.0. The largest absolute Gasteiger partial charge is 0.494 e. The summed E-state index contributed by atoms with van der Waals surface area (Å²) in [4.78, 5) is 59.3. The minimum Gasteiger partial charge on any atom is -0.494 e. The third kappa shape index (κ3) is 6.33. The Morgan fingerprint density at radius 1 is 1.16 bits per heavy atom. The number of hydrogen-bond donors (Lipinski definition) is 5. The molecule has 0 spiro atoms. The molecule has 1 aromatic heterocycles. The number of amidine groups is 1. The third-order valence-electron chi connectivity index (χ3n) is 5.68. The van der Waals surface area contributed by atoms with Gasteiger partial charge < -0.3 is 15.7 Å². The molecule has 1 aliphatic rings. The second-order valence-corrected chi connectivity index (χ2v) is 10.3. The first-order chi connectivity index (χ1) is 17.8. The lowest BCUT2D eigenvalue weighted by atomic mass is 9.99.